The minimum atomic E-state index is -0.912. The van der Waals surface area contributed by atoms with Gasteiger partial charge in [-0.2, -0.15) is 5.21 Å². The van der Waals surface area contributed by atoms with Crippen LogP contribution in [-0.2, 0) is 11.2 Å². The Labute approximate surface area is 148 Å². The summed E-state index contributed by atoms with van der Waals surface area (Å²) in [6, 6.07) is 12.1. The molecule has 0 radical (unpaired) electrons. The predicted molar refractivity (Wildman–Crippen MR) is 91.9 cm³/mol. The number of aromatic nitrogens is 4. The molecular weight excluding hydrogens is 336 g/mol. The molecule has 1 atom stereocenters. The van der Waals surface area contributed by atoms with E-state index in [1.807, 2.05) is 0 Å². The van der Waals surface area contributed by atoms with Crippen LogP contribution in [0.2, 0.25) is 0 Å². The van der Waals surface area contributed by atoms with Crippen LogP contribution in [0, 0.1) is 0 Å². The van der Waals surface area contributed by atoms with Crippen molar-refractivity contribution in [2.24, 2.45) is 5.73 Å². The van der Waals surface area contributed by atoms with Gasteiger partial charge in [0, 0.05) is 12.0 Å². The SMILES string of the molecule is NC(=O)[C@H](Cc1ccc(O)cc1)NC(=O)c1ccccc1-c1nn[nH]n1. The topological polar surface area (TPSA) is 147 Å². The summed E-state index contributed by atoms with van der Waals surface area (Å²) in [7, 11) is 0. The quantitative estimate of drug-likeness (QED) is 0.505. The lowest BCUT2D eigenvalue weighted by atomic mass is 10.0. The normalized spacial score (nSPS) is 11.7. The van der Waals surface area contributed by atoms with Crippen molar-refractivity contribution < 1.29 is 14.7 Å². The van der Waals surface area contributed by atoms with E-state index in [0.717, 1.165) is 5.56 Å². The predicted octanol–water partition coefficient (Wildman–Crippen LogP) is 0.399. The highest BCUT2D eigenvalue weighted by atomic mass is 16.3. The number of nitrogens with one attached hydrogen (secondary N) is 2. The number of aromatic hydroxyl groups is 1. The van der Waals surface area contributed by atoms with E-state index in [-0.39, 0.29) is 18.0 Å². The number of rotatable bonds is 6. The number of amides is 2. The zero-order valence-corrected chi connectivity index (χ0v) is 13.6. The van der Waals surface area contributed by atoms with Gasteiger partial charge in [-0.25, -0.2) is 0 Å². The molecule has 5 N–H and O–H groups in total. The molecular formula is C17H16N6O3. The summed E-state index contributed by atoms with van der Waals surface area (Å²) in [6.07, 6.45) is 0.200. The molecule has 0 saturated carbocycles. The lowest BCUT2D eigenvalue weighted by Crippen LogP contribution is -2.46. The maximum atomic E-state index is 12.7. The van der Waals surface area contributed by atoms with Crippen molar-refractivity contribution >= 4 is 11.8 Å². The molecule has 9 nitrogen and oxygen atoms in total. The zero-order valence-electron chi connectivity index (χ0n) is 13.6. The van der Waals surface area contributed by atoms with Crippen molar-refractivity contribution in [1.29, 1.82) is 0 Å². The van der Waals surface area contributed by atoms with Crippen LogP contribution in [0.3, 0.4) is 0 Å². The van der Waals surface area contributed by atoms with Gasteiger partial charge in [0.05, 0.1) is 5.56 Å². The third kappa shape index (κ3) is 3.83. The van der Waals surface area contributed by atoms with Crippen LogP contribution < -0.4 is 11.1 Å². The third-order valence-electron chi connectivity index (χ3n) is 3.78. The fraction of sp³-hybridized carbons (Fsp3) is 0.118. The summed E-state index contributed by atoms with van der Waals surface area (Å²) in [5.74, 6) is -0.760. The number of H-pyrrole nitrogens is 1. The van der Waals surface area contributed by atoms with Gasteiger partial charge in [-0.05, 0) is 29.0 Å². The van der Waals surface area contributed by atoms with Crippen LogP contribution in [0.4, 0.5) is 0 Å². The summed E-state index contributed by atoms with van der Waals surface area (Å²) < 4.78 is 0. The highest BCUT2D eigenvalue weighted by Crippen LogP contribution is 2.19. The van der Waals surface area contributed by atoms with Gasteiger partial charge in [-0.1, -0.05) is 30.3 Å². The van der Waals surface area contributed by atoms with E-state index in [1.165, 1.54) is 12.1 Å². The van der Waals surface area contributed by atoms with Crippen molar-refractivity contribution in [2.75, 3.05) is 0 Å². The molecule has 2 aromatic carbocycles. The fourth-order valence-electron chi connectivity index (χ4n) is 2.48. The molecule has 0 aliphatic carbocycles. The molecule has 2 amide bonds. The molecule has 0 bridgehead atoms. The number of phenols is 1. The lowest BCUT2D eigenvalue weighted by molar-refractivity contribution is -0.119. The molecule has 3 aromatic rings. The number of hydrogen-bond donors (Lipinski definition) is 4. The van der Waals surface area contributed by atoms with Gasteiger partial charge in [0.15, 0.2) is 0 Å². The first-order chi connectivity index (χ1) is 12.5. The van der Waals surface area contributed by atoms with Crippen molar-refractivity contribution in [3.63, 3.8) is 0 Å². The Kier molecular flexibility index (Phi) is 4.88. The molecule has 1 aromatic heterocycles. The first kappa shape index (κ1) is 17.1. The number of nitrogens with zero attached hydrogens (tertiary/aromatic N) is 3. The van der Waals surface area contributed by atoms with Crippen LogP contribution in [0.25, 0.3) is 11.4 Å². The number of nitrogens with two attached hydrogens (primary N) is 1. The van der Waals surface area contributed by atoms with E-state index in [1.54, 1.807) is 36.4 Å². The first-order valence-corrected chi connectivity index (χ1v) is 7.75. The van der Waals surface area contributed by atoms with Crippen molar-refractivity contribution in [3.05, 3.63) is 59.7 Å². The summed E-state index contributed by atoms with van der Waals surface area (Å²) in [5.41, 5.74) is 6.95. The van der Waals surface area contributed by atoms with Crippen LogP contribution in [0.1, 0.15) is 15.9 Å². The molecule has 0 fully saturated rings. The standard InChI is InChI=1S/C17H16N6O3/c18-15(25)14(9-10-5-7-11(24)8-6-10)19-17(26)13-4-2-1-3-12(13)16-20-22-23-21-16/h1-8,14,24H,9H2,(H2,18,25)(H,19,26)(H,20,21,22,23)/t14-/m0/s1. The average Bonchev–Trinajstić information content (AvgIpc) is 3.17. The number of phenolic OH excluding ortho intramolecular Hbond substituents is 1. The van der Waals surface area contributed by atoms with Gasteiger partial charge in [0.1, 0.15) is 11.8 Å². The van der Waals surface area contributed by atoms with Gasteiger partial charge < -0.3 is 16.2 Å². The Bertz CT molecular complexity index is 909. The highest BCUT2D eigenvalue weighted by molar-refractivity contribution is 6.02. The minimum Gasteiger partial charge on any atom is -0.508 e. The Morgan fingerprint density at radius 3 is 2.54 bits per heavy atom. The molecule has 0 aliphatic rings. The Morgan fingerprint density at radius 1 is 1.15 bits per heavy atom. The number of primary amides is 1. The zero-order chi connectivity index (χ0) is 18.5. The first-order valence-electron chi connectivity index (χ1n) is 7.75. The summed E-state index contributed by atoms with van der Waals surface area (Å²) in [4.78, 5) is 24.4. The molecule has 0 saturated heterocycles. The lowest BCUT2D eigenvalue weighted by Gasteiger charge is -2.16. The molecule has 0 aliphatic heterocycles. The van der Waals surface area contributed by atoms with Gasteiger partial charge in [-0.15, -0.1) is 10.2 Å². The van der Waals surface area contributed by atoms with E-state index in [4.69, 9.17) is 5.73 Å². The van der Waals surface area contributed by atoms with Crippen LogP contribution in [0.15, 0.2) is 48.5 Å². The van der Waals surface area contributed by atoms with Crippen LogP contribution in [0.5, 0.6) is 5.75 Å². The molecule has 0 spiro atoms. The van der Waals surface area contributed by atoms with Crippen molar-refractivity contribution in [3.8, 4) is 17.1 Å². The fourth-order valence-corrected chi connectivity index (χ4v) is 2.48. The van der Waals surface area contributed by atoms with Gasteiger partial charge in [0.25, 0.3) is 5.91 Å². The smallest absolute Gasteiger partial charge is 0.252 e. The molecule has 0 unspecified atom stereocenters. The van der Waals surface area contributed by atoms with Crippen molar-refractivity contribution in [1.82, 2.24) is 25.9 Å². The molecule has 1 heterocycles. The molecule has 9 heteroatoms. The number of tetrazole rings is 1. The number of aromatic amines is 1. The summed E-state index contributed by atoms with van der Waals surface area (Å²) >= 11 is 0. The third-order valence-corrected chi connectivity index (χ3v) is 3.78. The second-order valence-corrected chi connectivity index (χ2v) is 5.58. The van der Waals surface area contributed by atoms with E-state index in [2.05, 4.69) is 25.9 Å². The molecule has 3 rings (SSSR count). The Balaban J connectivity index is 1.81. The summed E-state index contributed by atoms with van der Waals surface area (Å²) in [5, 5.41) is 25.5. The van der Waals surface area contributed by atoms with E-state index in [0.29, 0.717) is 11.1 Å². The number of hydrogen-bond acceptors (Lipinski definition) is 6. The Hall–Kier alpha value is -3.75. The second kappa shape index (κ2) is 7.43. The van der Waals surface area contributed by atoms with Gasteiger partial charge in [-0.3, -0.25) is 9.59 Å². The van der Waals surface area contributed by atoms with E-state index in [9.17, 15) is 14.7 Å². The highest BCUT2D eigenvalue weighted by Gasteiger charge is 2.22. The number of carbonyl (C=O) groups is 2. The second-order valence-electron chi connectivity index (χ2n) is 5.58. The van der Waals surface area contributed by atoms with Crippen molar-refractivity contribution in [2.45, 2.75) is 12.5 Å². The van der Waals surface area contributed by atoms with E-state index < -0.39 is 17.9 Å². The maximum absolute atomic E-state index is 12.7. The average molecular weight is 352 g/mol. The van der Waals surface area contributed by atoms with Gasteiger partial charge >= 0.3 is 0 Å². The number of benzene rings is 2. The largest absolute Gasteiger partial charge is 0.508 e. The number of carbonyl (C=O) groups excluding carboxylic acids is 2. The monoisotopic (exact) mass is 352 g/mol. The van der Waals surface area contributed by atoms with E-state index >= 15 is 0 Å². The maximum Gasteiger partial charge on any atom is 0.252 e. The van der Waals surface area contributed by atoms with Gasteiger partial charge in [0.2, 0.25) is 11.7 Å². The Morgan fingerprint density at radius 2 is 1.88 bits per heavy atom. The summed E-state index contributed by atoms with van der Waals surface area (Å²) in [6.45, 7) is 0. The molecule has 132 valence electrons. The minimum absolute atomic E-state index is 0.113. The van der Waals surface area contributed by atoms with Crippen LogP contribution >= 0.6 is 0 Å². The van der Waals surface area contributed by atoms with Crippen LogP contribution in [-0.4, -0.2) is 43.6 Å². The molecule has 26 heavy (non-hydrogen) atoms.